The second-order valence-corrected chi connectivity index (χ2v) is 4.46. The van der Waals surface area contributed by atoms with E-state index in [1.165, 1.54) is 6.92 Å². The maximum Gasteiger partial charge on any atom is 0.408 e. The van der Waals surface area contributed by atoms with Crippen LogP contribution in [0.3, 0.4) is 0 Å². The third-order valence-electron chi connectivity index (χ3n) is 1.68. The van der Waals surface area contributed by atoms with Crippen LogP contribution in [0.5, 0.6) is 0 Å². The van der Waals surface area contributed by atoms with Crippen molar-refractivity contribution >= 4 is 18.3 Å². The number of ether oxygens (including phenoxy) is 1. The number of nitrogens with one attached hydrogen (secondary N) is 1. The zero-order chi connectivity index (χ0) is 12.9. The Morgan fingerprint density at radius 2 is 1.88 bits per heavy atom. The summed E-state index contributed by atoms with van der Waals surface area (Å²) in [6.07, 6.45) is -0.385. The molecule has 0 fully saturated rings. The summed E-state index contributed by atoms with van der Waals surface area (Å²) < 4.78 is 4.88. The number of hydrogen-bond donors (Lipinski definition) is 2. The second kappa shape index (κ2) is 5.48. The molecule has 6 heteroatoms. The van der Waals surface area contributed by atoms with Crippen LogP contribution < -0.4 is 5.32 Å². The molecule has 6 nitrogen and oxygen atoms in total. The Hall–Kier alpha value is -1.59. The van der Waals surface area contributed by atoms with Crippen LogP contribution in [0.2, 0.25) is 0 Å². The first kappa shape index (κ1) is 14.4. The maximum atomic E-state index is 11.3. The topological polar surface area (TPSA) is 92.7 Å². The lowest BCUT2D eigenvalue weighted by Crippen LogP contribution is -2.47. The van der Waals surface area contributed by atoms with E-state index in [0.29, 0.717) is 6.29 Å². The molecule has 0 aromatic rings. The third kappa shape index (κ3) is 5.33. The number of carboxylic acid groups (broad SMARTS) is 1. The molecular formula is C10H17NO5. The Morgan fingerprint density at radius 3 is 2.19 bits per heavy atom. The van der Waals surface area contributed by atoms with E-state index >= 15 is 0 Å². The molecule has 0 saturated heterocycles. The van der Waals surface area contributed by atoms with Crippen LogP contribution in [-0.4, -0.2) is 35.1 Å². The zero-order valence-electron chi connectivity index (χ0n) is 9.81. The van der Waals surface area contributed by atoms with E-state index in [4.69, 9.17) is 9.84 Å². The average Bonchev–Trinajstić information content (AvgIpc) is 2.09. The molecule has 0 saturated carbocycles. The lowest BCUT2D eigenvalue weighted by Gasteiger charge is -2.22. The van der Waals surface area contributed by atoms with Crippen molar-refractivity contribution in [1.82, 2.24) is 5.32 Å². The van der Waals surface area contributed by atoms with Crippen LogP contribution in [0.4, 0.5) is 4.79 Å². The van der Waals surface area contributed by atoms with Gasteiger partial charge in [0.15, 0.2) is 0 Å². The molecule has 2 N–H and O–H groups in total. The molecule has 16 heavy (non-hydrogen) atoms. The first-order chi connectivity index (χ1) is 7.17. The van der Waals surface area contributed by atoms with E-state index in [1.54, 1.807) is 20.8 Å². The van der Waals surface area contributed by atoms with Gasteiger partial charge in [-0.3, -0.25) is 0 Å². The standard InChI is InChI=1S/C10H17NO5/c1-6(5-12)7(8(13)14)11-9(15)16-10(2,3)4/h5-7H,1-4H3,(H,11,15)(H,13,14)/t6-,7+/m1/s1. The van der Waals surface area contributed by atoms with E-state index in [9.17, 15) is 14.4 Å². The predicted octanol–water partition coefficient (Wildman–Crippen LogP) is 0.799. The molecule has 1 amide bonds. The van der Waals surface area contributed by atoms with E-state index in [0.717, 1.165) is 0 Å². The van der Waals surface area contributed by atoms with Crippen molar-refractivity contribution in [1.29, 1.82) is 0 Å². The number of alkyl carbamates (subject to hydrolysis) is 1. The highest BCUT2D eigenvalue weighted by molar-refractivity contribution is 5.83. The van der Waals surface area contributed by atoms with Crippen LogP contribution in [0, 0.1) is 5.92 Å². The summed E-state index contributed by atoms with van der Waals surface area (Å²) in [5.41, 5.74) is -0.711. The minimum atomic E-state index is -1.27. The normalized spacial score (nSPS) is 14.8. The maximum absolute atomic E-state index is 11.3. The second-order valence-electron chi connectivity index (χ2n) is 4.46. The first-order valence-electron chi connectivity index (χ1n) is 4.85. The van der Waals surface area contributed by atoms with Gasteiger partial charge in [0.2, 0.25) is 0 Å². The SMILES string of the molecule is C[C@H](C=O)[C@H](NC(=O)OC(C)(C)C)C(=O)O. The highest BCUT2D eigenvalue weighted by Crippen LogP contribution is 2.08. The van der Waals surface area contributed by atoms with E-state index < -0.39 is 29.6 Å². The quantitative estimate of drug-likeness (QED) is 0.698. The van der Waals surface area contributed by atoms with Gasteiger partial charge in [0, 0.05) is 5.92 Å². The molecule has 92 valence electrons. The Bertz CT molecular complexity index is 281. The average molecular weight is 231 g/mol. The van der Waals surface area contributed by atoms with Crippen LogP contribution in [0.15, 0.2) is 0 Å². The summed E-state index contributed by atoms with van der Waals surface area (Å²) >= 11 is 0. The number of hydrogen-bond acceptors (Lipinski definition) is 4. The Kier molecular flexibility index (Phi) is 4.94. The van der Waals surface area contributed by atoms with Crippen molar-refractivity contribution in [3.63, 3.8) is 0 Å². The van der Waals surface area contributed by atoms with Gasteiger partial charge in [0.05, 0.1) is 0 Å². The van der Waals surface area contributed by atoms with Crippen molar-refractivity contribution in [3.8, 4) is 0 Å². The van der Waals surface area contributed by atoms with Gasteiger partial charge in [-0.05, 0) is 20.8 Å². The van der Waals surface area contributed by atoms with Gasteiger partial charge in [0.25, 0.3) is 0 Å². The van der Waals surface area contributed by atoms with E-state index in [-0.39, 0.29) is 0 Å². The van der Waals surface area contributed by atoms with Crippen molar-refractivity contribution < 1.29 is 24.2 Å². The molecule has 0 radical (unpaired) electrons. The molecule has 0 rings (SSSR count). The molecule has 0 aromatic carbocycles. The lowest BCUT2D eigenvalue weighted by atomic mass is 10.0. The van der Waals surface area contributed by atoms with Crippen LogP contribution in [0.1, 0.15) is 27.7 Å². The van der Waals surface area contributed by atoms with Crippen molar-refractivity contribution in [2.24, 2.45) is 5.92 Å². The monoisotopic (exact) mass is 231 g/mol. The molecule has 0 bridgehead atoms. The first-order valence-corrected chi connectivity index (χ1v) is 4.85. The molecule has 0 aromatic heterocycles. The lowest BCUT2D eigenvalue weighted by molar-refractivity contribution is -0.142. The fourth-order valence-electron chi connectivity index (χ4n) is 0.931. The van der Waals surface area contributed by atoms with Gasteiger partial charge in [-0.25, -0.2) is 9.59 Å². The summed E-state index contributed by atoms with van der Waals surface area (Å²) in [5, 5.41) is 10.9. The summed E-state index contributed by atoms with van der Waals surface area (Å²) in [6, 6.07) is -1.27. The highest BCUT2D eigenvalue weighted by atomic mass is 16.6. The molecule has 0 unspecified atom stereocenters. The molecule has 2 atom stereocenters. The molecular weight excluding hydrogens is 214 g/mol. The van der Waals surface area contributed by atoms with Gasteiger partial charge >= 0.3 is 12.1 Å². The summed E-state index contributed by atoms with van der Waals surface area (Å²) in [7, 11) is 0. The van der Waals surface area contributed by atoms with Crippen LogP contribution >= 0.6 is 0 Å². The molecule has 0 aliphatic heterocycles. The Morgan fingerprint density at radius 1 is 1.38 bits per heavy atom. The molecule has 0 spiro atoms. The van der Waals surface area contributed by atoms with Crippen LogP contribution in [0.25, 0.3) is 0 Å². The predicted molar refractivity (Wildman–Crippen MR) is 56.0 cm³/mol. The van der Waals surface area contributed by atoms with Gasteiger partial charge in [-0.15, -0.1) is 0 Å². The van der Waals surface area contributed by atoms with Gasteiger partial charge < -0.3 is 20.0 Å². The smallest absolute Gasteiger partial charge is 0.408 e. The third-order valence-corrected chi connectivity index (χ3v) is 1.68. The van der Waals surface area contributed by atoms with E-state index in [1.807, 2.05) is 0 Å². The molecule has 0 aliphatic rings. The number of carbonyl (C=O) groups excluding carboxylic acids is 2. The summed E-state index contributed by atoms with van der Waals surface area (Å²) in [6.45, 7) is 6.38. The molecule has 0 aliphatic carbocycles. The van der Waals surface area contributed by atoms with Crippen molar-refractivity contribution in [3.05, 3.63) is 0 Å². The fourth-order valence-corrected chi connectivity index (χ4v) is 0.931. The van der Waals surface area contributed by atoms with Gasteiger partial charge in [-0.1, -0.05) is 6.92 Å². The minimum Gasteiger partial charge on any atom is -0.480 e. The van der Waals surface area contributed by atoms with Gasteiger partial charge in [-0.2, -0.15) is 0 Å². The number of aliphatic carboxylic acids is 1. The molecule has 0 heterocycles. The summed E-state index contributed by atoms with van der Waals surface area (Å²) in [5.74, 6) is -2.09. The number of carboxylic acids is 1. The Labute approximate surface area is 94.0 Å². The largest absolute Gasteiger partial charge is 0.480 e. The van der Waals surface area contributed by atoms with Gasteiger partial charge in [0.1, 0.15) is 17.9 Å². The van der Waals surface area contributed by atoms with Crippen LogP contribution in [-0.2, 0) is 14.3 Å². The number of rotatable bonds is 4. The zero-order valence-corrected chi connectivity index (χ0v) is 9.81. The number of amides is 1. The van der Waals surface area contributed by atoms with E-state index in [2.05, 4.69) is 5.32 Å². The summed E-state index contributed by atoms with van der Waals surface area (Å²) in [4.78, 5) is 32.5. The van der Waals surface area contributed by atoms with Crippen molar-refractivity contribution in [2.45, 2.75) is 39.3 Å². The minimum absolute atomic E-state index is 0.468. The highest BCUT2D eigenvalue weighted by Gasteiger charge is 2.28. The number of carbonyl (C=O) groups is 3. The Balaban J connectivity index is 4.47. The van der Waals surface area contributed by atoms with Crippen molar-refractivity contribution in [2.75, 3.05) is 0 Å². The fraction of sp³-hybridized carbons (Fsp3) is 0.700. The number of aldehydes is 1.